The van der Waals surface area contributed by atoms with E-state index in [9.17, 15) is 4.79 Å². The van der Waals surface area contributed by atoms with Gasteiger partial charge in [0.25, 0.3) is 0 Å². The molecule has 16 heavy (non-hydrogen) atoms. The lowest BCUT2D eigenvalue weighted by Crippen LogP contribution is -2.17. The number of methoxy groups -OCH3 is 1. The molecule has 2 aliphatic carbocycles. The smallest absolute Gasteiger partial charge is 0.309 e. The van der Waals surface area contributed by atoms with Gasteiger partial charge in [-0.2, -0.15) is 0 Å². The second-order valence-corrected chi connectivity index (χ2v) is 4.43. The molecule has 84 valence electrons. The average Bonchev–Trinajstić information content (AvgIpc) is 2.85. The molecule has 3 heteroatoms. The molecule has 1 heterocycles. The van der Waals surface area contributed by atoms with Crippen molar-refractivity contribution in [2.75, 3.05) is 7.11 Å². The molecule has 3 atom stereocenters. The number of carbonyl (C=O) groups excluding carboxylic acids is 1. The van der Waals surface area contributed by atoms with Gasteiger partial charge in [-0.3, -0.25) is 4.79 Å². The van der Waals surface area contributed by atoms with Crippen LogP contribution in [0.5, 0.6) is 0 Å². The largest absolute Gasteiger partial charge is 0.469 e. The second kappa shape index (κ2) is 3.59. The molecule has 1 fully saturated rings. The number of ether oxygens (including phenoxy) is 2. The summed E-state index contributed by atoms with van der Waals surface area (Å²) in [7, 11) is 1.45. The monoisotopic (exact) mass is 218 g/mol. The van der Waals surface area contributed by atoms with Crippen LogP contribution in [-0.2, 0) is 14.3 Å². The van der Waals surface area contributed by atoms with Crippen LogP contribution < -0.4 is 0 Å². The van der Waals surface area contributed by atoms with E-state index in [4.69, 9.17) is 9.47 Å². The van der Waals surface area contributed by atoms with Crippen molar-refractivity contribution in [1.82, 2.24) is 0 Å². The zero-order valence-corrected chi connectivity index (χ0v) is 9.18. The van der Waals surface area contributed by atoms with Crippen LogP contribution >= 0.6 is 0 Å². The molecule has 0 amide bonds. The maximum absolute atomic E-state index is 11.5. The van der Waals surface area contributed by atoms with Gasteiger partial charge in [-0.1, -0.05) is 24.3 Å². The van der Waals surface area contributed by atoms with Gasteiger partial charge in [0.2, 0.25) is 0 Å². The van der Waals surface area contributed by atoms with Crippen molar-refractivity contribution < 1.29 is 14.3 Å². The molecule has 1 saturated carbocycles. The van der Waals surface area contributed by atoms with Gasteiger partial charge >= 0.3 is 5.97 Å². The van der Waals surface area contributed by atoms with Crippen molar-refractivity contribution >= 4 is 5.97 Å². The van der Waals surface area contributed by atoms with E-state index in [1.807, 2.05) is 12.2 Å². The van der Waals surface area contributed by atoms with Gasteiger partial charge in [-0.15, -0.1) is 0 Å². The molecule has 0 saturated heterocycles. The fourth-order valence-corrected chi connectivity index (χ4v) is 2.78. The van der Waals surface area contributed by atoms with Crippen molar-refractivity contribution in [2.45, 2.75) is 25.0 Å². The van der Waals surface area contributed by atoms with Gasteiger partial charge in [0.05, 0.1) is 19.1 Å². The number of hydrogen-bond donors (Lipinski definition) is 0. The molecule has 3 rings (SSSR count). The lowest BCUT2D eigenvalue weighted by Gasteiger charge is -2.14. The fourth-order valence-electron chi connectivity index (χ4n) is 2.78. The highest BCUT2D eigenvalue weighted by atomic mass is 16.5. The van der Waals surface area contributed by atoms with E-state index < -0.39 is 0 Å². The highest BCUT2D eigenvalue weighted by Crippen LogP contribution is 2.43. The number of esters is 1. The van der Waals surface area contributed by atoms with Crippen LogP contribution in [0.2, 0.25) is 0 Å². The van der Waals surface area contributed by atoms with E-state index in [1.54, 1.807) is 0 Å². The Morgan fingerprint density at radius 3 is 3.19 bits per heavy atom. The summed E-state index contributed by atoms with van der Waals surface area (Å²) in [6.45, 7) is 0. The van der Waals surface area contributed by atoms with E-state index >= 15 is 0 Å². The Morgan fingerprint density at radius 2 is 2.38 bits per heavy atom. The fraction of sp³-hybridized carbons (Fsp3) is 0.462. The summed E-state index contributed by atoms with van der Waals surface area (Å²) in [5.41, 5.74) is 2.54. The first kappa shape index (κ1) is 9.85. The minimum absolute atomic E-state index is 0.0160. The molecule has 0 radical (unpaired) electrons. The standard InChI is InChI=1S/C13H14O3/c1-15-13(14)8-6-10-9-4-2-3-5-11(9)16-12(10)7-8/h2-5,8,11-12H,6-7H2,1H3. The summed E-state index contributed by atoms with van der Waals surface area (Å²) in [6.07, 6.45) is 9.99. The van der Waals surface area contributed by atoms with Gasteiger partial charge < -0.3 is 9.47 Å². The van der Waals surface area contributed by atoms with Crippen molar-refractivity contribution in [2.24, 2.45) is 5.92 Å². The number of fused-ring (bicyclic) bond motifs is 2. The zero-order chi connectivity index (χ0) is 11.1. The number of rotatable bonds is 1. The highest BCUT2D eigenvalue weighted by molar-refractivity contribution is 5.74. The van der Waals surface area contributed by atoms with Crippen LogP contribution in [0.1, 0.15) is 12.8 Å². The summed E-state index contributed by atoms with van der Waals surface area (Å²) in [5, 5.41) is 0. The van der Waals surface area contributed by atoms with Crippen molar-refractivity contribution in [3.8, 4) is 0 Å². The van der Waals surface area contributed by atoms with E-state index in [0.29, 0.717) is 0 Å². The lowest BCUT2D eigenvalue weighted by atomic mass is 9.98. The van der Waals surface area contributed by atoms with E-state index in [-0.39, 0.29) is 24.1 Å². The molecule has 0 aromatic carbocycles. The molecule has 3 aliphatic rings. The Morgan fingerprint density at radius 1 is 1.50 bits per heavy atom. The quantitative estimate of drug-likeness (QED) is 0.629. The molecule has 0 aromatic heterocycles. The first-order valence-electron chi connectivity index (χ1n) is 5.60. The van der Waals surface area contributed by atoms with Gasteiger partial charge in [0, 0.05) is 0 Å². The van der Waals surface area contributed by atoms with Crippen molar-refractivity contribution in [3.63, 3.8) is 0 Å². The van der Waals surface area contributed by atoms with E-state index in [0.717, 1.165) is 12.8 Å². The predicted octanol–water partition coefficient (Wildman–Crippen LogP) is 1.76. The minimum atomic E-state index is -0.113. The SMILES string of the molecule is COC(=O)C1CC2=C3C=CC=CC3OC2C1. The Labute approximate surface area is 94.4 Å². The first-order valence-corrected chi connectivity index (χ1v) is 5.60. The molecule has 3 nitrogen and oxygen atoms in total. The molecule has 0 bridgehead atoms. The van der Waals surface area contributed by atoms with E-state index in [2.05, 4.69) is 12.2 Å². The highest BCUT2D eigenvalue weighted by Gasteiger charge is 2.42. The van der Waals surface area contributed by atoms with Gasteiger partial charge in [0.15, 0.2) is 0 Å². The minimum Gasteiger partial charge on any atom is -0.469 e. The number of carbonyl (C=O) groups is 1. The maximum Gasteiger partial charge on any atom is 0.309 e. The van der Waals surface area contributed by atoms with Gasteiger partial charge in [-0.25, -0.2) is 0 Å². The molecule has 0 N–H and O–H groups in total. The van der Waals surface area contributed by atoms with Crippen LogP contribution in [0, 0.1) is 5.92 Å². The summed E-state index contributed by atoms with van der Waals surface area (Å²) >= 11 is 0. The van der Waals surface area contributed by atoms with Crippen molar-refractivity contribution in [1.29, 1.82) is 0 Å². The topological polar surface area (TPSA) is 35.5 Å². The Kier molecular flexibility index (Phi) is 2.21. The second-order valence-electron chi connectivity index (χ2n) is 4.43. The molecule has 0 aromatic rings. The molecule has 0 spiro atoms. The van der Waals surface area contributed by atoms with Gasteiger partial charge in [-0.05, 0) is 24.0 Å². The third kappa shape index (κ3) is 1.35. The summed E-state index contributed by atoms with van der Waals surface area (Å²) in [6, 6.07) is 0. The average molecular weight is 218 g/mol. The Balaban J connectivity index is 1.86. The van der Waals surface area contributed by atoms with Crippen LogP contribution in [0.3, 0.4) is 0 Å². The molecular formula is C13H14O3. The summed E-state index contributed by atoms with van der Waals surface area (Å²) in [4.78, 5) is 11.5. The third-order valence-electron chi connectivity index (χ3n) is 3.55. The normalized spacial score (nSPS) is 35.2. The number of hydrogen-bond acceptors (Lipinski definition) is 3. The van der Waals surface area contributed by atoms with Crippen LogP contribution in [-0.4, -0.2) is 25.3 Å². The van der Waals surface area contributed by atoms with Crippen molar-refractivity contribution in [3.05, 3.63) is 35.5 Å². The summed E-state index contributed by atoms with van der Waals surface area (Å²) < 4.78 is 10.7. The van der Waals surface area contributed by atoms with Crippen LogP contribution in [0.4, 0.5) is 0 Å². The summed E-state index contributed by atoms with van der Waals surface area (Å²) in [5.74, 6) is -0.129. The zero-order valence-electron chi connectivity index (χ0n) is 9.18. The molecule has 3 unspecified atom stereocenters. The third-order valence-corrected chi connectivity index (χ3v) is 3.55. The lowest BCUT2D eigenvalue weighted by molar-refractivity contribution is -0.145. The van der Waals surface area contributed by atoms with Crippen LogP contribution in [0.25, 0.3) is 0 Å². The Hall–Kier alpha value is -1.35. The molecule has 1 aliphatic heterocycles. The van der Waals surface area contributed by atoms with Gasteiger partial charge in [0.1, 0.15) is 6.10 Å². The van der Waals surface area contributed by atoms with E-state index in [1.165, 1.54) is 18.3 Å². The first-order chi connectivity index (χ1) is 7.79. The predicted molar refractivity (Wildman–Crippen MR) is 58.7 cm³/mol. The van der Waals surface area contributed by atoms with Crippen LogP contribution in [0.15, 0.2) is 35.5 Å². The Bertz CT molecular complexity index is 417. The molecular weight excluding hydrogens is 204 g/mol. The maximum atomic E-state index is 11.5. The number of allylic oxidation sites excluding steroid dienone is 2.